The van der Waals surface area contributed by atoms with E-state index in [1.807, 2.05) is 0 Å². The molecule has 0 bridgehead atoms. The summed E-state index contributed by atoms with van der Waals surface area (Å²) in [6, 6.07) is 0. The average molecular weight is 429 g/mol. The summed E-state index contributed by atoms with van der Waals surface area (Å²) in [7, 11) is 0. The fourth-order valence-electron chi connectivity index (χ4n) is 9.87. The molecule has 1 unspecified atom stereocenters. The lowest BCUT2D eigenvalue weighted by Gasteiger charge is -2.60. The van der Waals surface area contributed by atoms with Gasteiger partial charge in [-0.25, -0.2) is 0 Å². The number of aliphatic hydroxyl groups is 2. The molecule has 2 N–H and O–H groups in total. The van der Waals surface area contributed by atoms with Crippen molar-refractivity contribution in [2.24, 2.45) is 51.8 Å². The first kappa shape index (κ1) is 22.5. The third-order valence-corrected chi connectivity index (χ3v) is 11.8. The molecular formula is C29H48O2. The van der Waals surface area contributed by atoms with Crippen molar-refractivity contribution < 1.29 is 10.2 Å². The summed E-state index contributed by atoms with van der Waals surface area (Å²) < 4.78 is 0. The number of fused-ring (bicyclic) bond motifs is 6. The van der Waals surface area contributed by atoms with Crippen LogP contribution in [0.3, 0.4) is 0 Å². The first-order valence-corrected chi connectivity index (χ1v) is 13.8. The Bertz CT molecular complexity index is 708. The van der Waals surface area contributed by atoms with Crippen LogP contribution in [0.2, 0.25) is 0 Å². The monoisotopic (exact) mass is 428 g/mol. The highest BCUT2D eigenvalue weighted by molar-refractivity contribution is 5.36. The molecule has 5 rings (SSSR count). The normalized spacial score (nSPS) is 47.2. The minimum absolute atomic E-state index is 0.0671. The minimum Gasteiger partial charge on any atom is -0.396 e. The molecule has 0 amide bonds. The van der Waals surface area contributed by atoms with Crippen LogP contribution in [0.1, 0.15) is 105 Å². The van der Waals surface area contributed by atoms with E-state index in [1.165, 1.54) is 70.6 Å². The number of allylic oxidation sites excluding steroid dienone is 1. The van der Waals surface area contributed by atoms with Crippen LogP contribution in [0.25, 0.3) is 0 Å². The zero-order valence-corrected chi connectivity index (χ0v) is 20.7. The number of rotatable bonds is 6. The molecule has 0 radical (unpaired) electrons. The van der Waals surface area contributed by atoms with Crippen molar-refractivity contribution >= 4 is 0 Å². The van der Waals surface area contributed by atoms with Gasteiger partial charge in [0.25, 0.3) is 0 Å². The van der Waals surface area contributed by atoms with Crippen LogP contribution >= 0.6 is 0 Å². The van der Waals surface area contributed by atoms with Crippen LogP contribution in [-0.2, 0) is 0 Å². The van der Waals surface area contributed by atoms with Gasteiger partial charge in [-0.1, -0.05) is 52.2 Å². The van der Waals surface area contributed by atoms with Gasteiger partial charge in [-0.05, 0) is 111 Å². The van der Waals surface area contributed by atoms with Crippen LogP contribution in [-0.4, -0.2) is 22.9 Å². The van der Waals surface area contributed by atoms with Gasteiger partial charge in [-0.2, -0.15) is 0 Å². The predicted molar refractivity (Wildman–Crippen MR) is 128 cm³/mol. The fourth-order valence-corrected chi connectivity index (χ4v) is 9.87. The lowest BCUT2D eigenvalue weighted by Crippen LogP contribution is -2.53. The zero-order chi connectivity index (χ0) is 22.0. The van der Waals surface area contributed by atoms with Crippen LogP contribution in [0.5, 0.6) is 0 Å². The second-order valence-electron chi connectivity index (χ2n) is 13.3. The summed E-state index contributed by atoms with van der Waals surface area (Å²) in [5.74, 6) is 4.82. The summed E-state index contributed by atoms with van der Waals surface area (Å²) in [4.78, 5) is 0. The molecular weight excluding hydrogens is 380 g/mol. The van der Waals surface area contributed by atoms with Gasteiger partial charge >= 0.3 is 0 Å². The van der Waals surface area contributed by atoms with Gasteiger partial charge in [0, 0.05) is 12.0 Å². The maximum absolute atomic E-state index is 10.8. The second kappa shape index (κ2) is 7.86. The molecule has 5 aliphatic rings. The van der Waals surface area contributed by atoms with Gasteiger partial charge in [0.15, 0.2) is 0 Å². The number of hydrogen-bond donors (Lipinski definition) is 2. The maximum Gasteiger partial charge on any atom is 0.0634 e. The van der Waals surface area contributed by atoms with Gasteiger partial charge in [0.2, 0.25) is 0 Å². The molecule has 2 nitrogen and oxygen atoms in total. The number of hydrogen-bond acceptors (Lipinski definition) is 2. The highest BCUT2D eigenvalue weighted by atomic mass is 16.3. The average Bonchev–Trinajstić information content (AvgIpc) is 3.45. The number of aliphatic hydroxyl groups excluding tert-OH is 2. The summed E-state index contributed by atoms with van der Waals surface area (Å²) in [6.45, 7) is 10.3. The zero-order valence-electron chi connectivity index (χ0n) is 20.7. The van der Waals surface area contributed by atoms with E-state index in [9.17, 15) is 10.2 Å². The Balaban J connectivity index is 1.32. The van der Waals surface area contributed by atoms with Gasteiger partial charge < -0.3 is 10.2 Å². The summed E-state index contributed by atoms with van der Waals surface area (Å²) in [5.41, 5.74) is 2.79. The largest absolute Gasteiger partial charge is 0.396 e. The Labute approximate surface area is 191 Å². The van der Waals surface area contributed by atoms with Crippen LogP contribution in [0.15, 0.2) is 11.6 Å². The van der Waals surface area contributed by atoms with E-state index >= 15 is 0 Å². The van der Waals surface area contributed by atoms with Crippen molar-refractivity contribution in [2.45, 2.75) is 111 Å². The molecule has 4 fully saturated rings. The van der Waals surface area contributed by atoms with Crippen molar-refractivity contribution in [2.75, 3.05) is 6.61 Å². The van der Waals surface area contributed by atoms with Crippen LogP contribution in [0.4, 0.5) is 0 Å². The fraction of sp³-hybridized carbons (Fsp3) is 0.931. The van der Waals surface area contributed by atoms with Crippen molar-refractivity contribution in [3.8, 4) is 0 Å². The predicted octanol–water partition coefficient (Wildman–Crippen LogP) is 6.75. The summed E-state index contributed by atoms with van der Waals surface area (Å²) >= 11 is 0. The standard InChI is InChI=1S/C29H48O2/c1-19(18-30)6-5-7-20(2)22-9-10-23-21-8-11-25-28(4,24(21)12-14-27(22,23)3)15-13-26(31)29(25)16-17-29/h11,19-24,26,30-31H,5-10,12-18H2,1-4H3/t19-,20-,21+,22-,23+,24+,26?,27-,28-/m1/s1. The summed E-state index contributed by atoms with van der Waals surface area (Å²) in [6.07, 6.45) is 18.2. The Morgan fingerprint density at radius 1 is 0.968 bits per heavy atom. The quantitative estimate of drug-likeness (QED) is 0.459. The first-order valence-electron chi connectivity index (χ1n) is 13.8. The molecule has 1 spiro atoms. The van der Waals surface area contributed by atoms with Gasteiger partial charge in [0.1, 0.15) is 0 Å². The molecule has 4 saturated carbocycles. The Morgan fingerprint density at radius 3 is 2.45 bits per heavy atom. The molecule has 0 heterocycles. The third kappa shape index (κ3) is 3.32. The van der Waals surface area contributed by atoms with Gasteiger partial charge in [0.05, 0.1) is 6.10 Å². The molecule has 31 heavy (non-hydrogen) atoms. The Hall–Kier alpha value is -0.340. The van der Waals surface area contributed by atoms with Gasteiger partial charge in [-0.3, -0.25) is 0 Å². The molecule has 5 aliphatic carbocycles. The lowest BCUT2D eigenvalue weighted by molar-refractivity contribution is -0.0691. The van der Waals surface area contributed by atoms with Crippen molar-refractivity contribution in [1.82, 2.24) is 0 Å². The molecule has 9 atom stereocenters. The topological polar surface area (TPSA) is 40.5 Å². The van der Waals surface area contributed by atoms with Crippen molar-refractivity contribution in [3.05, 3.63) is 11.6 Å². The Morgan fingerprint density at radius 2 is 1.74 bits per heavy atom. The Kier molecular flexibility index (Phi) is 5.70. The van der Waals surface area contributed by atoms with Crippen LogP contribution < -0.4 is 0 Å². The molecule has 0 saturated heterocycles. The third-order valence-electron chi connectivity index (χ3n) is 11.8. The maximum atomic E-state index is 10.8. The van der Waals surface area contributed by atoms with E-state index in [0.717, 1.165) is 36.0 Å². The smallest absolute Gasteiger partial charge is 0.0634 e. The summed E-state index contributed by atoms with van der Waals surface area (Å²) in [5, 5.41) is 20.2. The van der Waals surface area contributed by atoms with E-state index in [4.69, 9.17) is 0 Å². The second-order valence-corrected chi connectivity index (χ2v) is 13.3. The van der Waals surface area contributed by atoms with Crippen molar-refractivity contribution in [3.63, 3.8) is 0 Å². The van der Waals surface area contributed by atoms with Crippen LogP contribution in [0, 0.1) is 51.8 Å². The molecule has 0 aromatic heterocycles. The lowest BCUT2D eigenvalue weighted by atomic mass is 9.45. The van der Waals surface area contributed by atoms with E-state index < -0.39 is 0 Å². The minimum atomic E-state index is -0.0671. The van der Waals surface area contributed by atoms with Gasteiger partial charge in [-0.15, -0.1) is 0 Å². The van der Waals surface area contributed by atoms with Crippen molar-refractivity contribution in [1.29, 1.82) is 0 Å². The molecule has 0 aromatic rings. The molecule has 0 aromatic carbocycles. The SMILES string of the molecule is C[C@@H](CO)CCC[C@@H](C)[C@H]1CC[C@H]2[C@@H]3CC=C4C5(CC5)C(O)CC[C@]4(C)[C@H]3CC[C@]12C. The first-order chi connectivity index (χ1) is 14.8. The molecule has 0 aliphatic heterocycles. The van der Waals surface area contributed by atoms with E-state index in [-0.39, 0.29) is 11.5 Å². The van der Waals surface area contributed by atoms with E-state index in [1.54, 1.807) is 5.57 Å². The van der Waals surface area contributed by atoms with E-state index in [2.05, 4.69) is 33.8 Å². The molecule has 2 heteroatoms. The highest BCUT2D eigenvalue weighted by Gasteiger charge is 2.65. The van der Waals surface area contributed by atoms with E-state index in [0.29, 0.717) is 23.4 Å². The highest BCUT2D eigenvalue weighted by Crippen LogP contribution is 2.72. The molecule has 176 valence electrons.